The molecule has 0 amide bonds. The summed E-state index contributed by atoms with van der Waals surface area (Å²) in [5.41, 5.74) is 0. The van der Waals surface area contributed by atoms with Crippen LogP contribution in [-0.4, -0.2) is 47.6 Å². The zero-order valence-corrected chi connectivity index (χ0v) is 14.2. The van der Waals surface area contributed by atoms with E-state index in [4.69, 9.17) is 0 Å². The zero-order valence-electron chi connectivity index (χ0n) is 13.4. The lowest BCUT2D eigenvalue weighted by Gasteiger charge is -2.50. The van der Waals surface area contributed by atoms with E-state index in [-0.39, 0.29) is 0 Å². The van der Waals surface area contributed by atoms with E-state index in [9.17, 15) is 0 Å². The van der Waals surface area contributed by atoms with Gasteiger partial charge in [0.2, 0.25) is 0 Å². The average molecular weight is 285 g/mol. The second kappa shape index (κ2) is 6.36. The predicted molar refractivity (Wildman–Crippen MR) is 86.9 cm³/mol. The SMILES string of the molecule is CSC1(CN2CC(C(C)C)NCC2C(C)C)CCC1. The first-order valence-corrected chi connectivity index (χ1v) is 9.22. The van der Waals surface area contributed by atoms with Crippen molar-refractivity contribution in [1.82, 2.24) is 10.2 Å². The predicted octanol–water partition coefficient (Wildman–Crippen LogP) is 3.23. The van der Waals surface area contributed by atoms with Crippen molar-refractivity contribution < 1.29 is 0 Å². The van der Waals surface area contributed by atoms with Gasteiger partial charge in [0.25, 0.3) is 0 Å². The van der Waals surface area contributed by atoms with Crippen LogP contribution >= 0.6 is 11.8 Å². The van der Waals surface area contributed by atoms with E-state index in [0.29, 0.717) is 10.8 Å². The first-order chi connectivity index (χ1) is 8.97. The van der Waals surface area contributed by atoms with Gasteiger partial charge in [-0.2, -0.15) is 11.8 Å². The number of nitrogens with zero attached hydrogens (tertiary/aromatic N) is 1. The summed E-state index contributed by atoms with van der Waals surface area (Å²) in [6, 6.07) is 1.40. The Balaban J connectivity index is 2.03. The van der Waals surface area contributed by atoms with E-state index in [1.807, 2.05) is 0 Å². The smallest absolute Gasteiger partial charge is 0.0284 e. The molecule has 2 unspecified atom stereocenters. The van der Waals surface area contributed by atoms with Gasteiger partial charge in [-0.05, 0) is 30.9 Å². The van der Waals surface area contributed by atoms with Gasteiger partial charge in [0.15, 0.2) is 0 Å². The summed E-state index contributed by atoms with van der Waals surface area (Å²) < 4.78 is 0.575. The summed E-state index contributed by atoms with van der Waals surface area (Å²) in [4.78, 5) is 2.81. The molecular weight excluding hydrogens is 252 g/mol. The Kier molecular flexibility index (Phi) is 5.24. The van der Waals surface area contributed by atoms with E-state index in [1.54, 1.807) is 0 Å². The lowest BCUT2D eigenvalue weighted by Crippen LogP contribution is -2.62. The highest BCUT2D eigenvalue weighted by Gasteiger charge is 2.41. The topological polar surface area (TPSA) is 15.3 Å². The number of piperazine rings is 1. The fraction of sp³-hybridized carbons (Fsp3) is 1.00. The average Bonchev–Trinajstić information content (AvgIpc) is 2.33. The zero-order chi connectivity index (χ0) is 14.0. The normalized spacial score (nSPS) is 31.7. The fourth-order valence-corrected chi connectivity index (χ4v) is 4.50. The van der Waals surface area contributed by atoms with Gasteiger partial charge >= 0.3 is 0 Å². The van der Waals surface area contributed by atoms with Crippen LogP contribution in [-0.2, 0) is 0 Å². The molecule has 2 fully saturated rings. The number of nitrogens with one attached hydrogen (secondary N) is 1. The molecule has 0 spiro atoms. The summed E-state index contributed by atoms with van der Waals surface area (Å²) in [6.45, 7) is 13.2. The third kappa shape index (κ3) is 3.48. The third-order valence-corrected chi connectivity index (χ3v) is 6.66. The summed E-state index contributed by atoms with van der Waals surface area (Å²) >= 11 is 2.11. The molecule has 0 aromatic carbocycles. The molecule has 1 saturated heterocycles. The van der Waals surface area contributed by atoms with Crippen LogP contribution in [0.25, 0.3) is 0 Å². The van der Waals surface area contributed by atoms with Crippen LogP contribution in [0.4, 0.5) is 0 Å². The van der Waals surface area contributed by atoms with Crippen molar-refractivity contribution >= 4 is 11.8 Å². The molecule has 0 aromatic rings. The first-order valence-electron chi connectivity index (χ1n) is 8.00. The lowest BCUT2D eigenvalue weighted by atomic mass is 9.82. The Morgan fingerprint density at radius 3 is 2.32 bits per heavy atom. The Morgan fingerprint density at radius 2 is 1.89 bits per heavy atom. The standard InChI is InChI=1S/C16H32N2S/c1-12(2)14-10-18(15(9-17-14)13(3)4)11-16(19-5)7-6-8-16/h12-15,17H,6-11H2,1-5H3. The molecule has 0 bridgehead atoms. The highest BCUT2D eigenvalue weighted by atomic mass is 32.2. The van der Waals surface area contributed by atoms with Gasteiger partial charge in [0.05, 0.1) is 0 Å². The Hall–Kier alpha value is 0.270. The summed E-state index contributed by atoms with van der Waals surface area (Å²) in [6.07, 6.45) is 6.60. The van der Waals surface area contributed by atoms with Gasteiger partial charge in [0, 0.05) is 36.5 Å². The second-order valence-electron chi connectivity index (χ2n) is 7.24. The van der Waals surface area contributed by atoms with E-state index >= 15 is 0 Å². The maximum atomic E-state index is 3.77. The van der Waals surface area contributed by atoms with Gasteiger partial charge in [-0.25, -0.2) is 0 Å². The minimum Gasteiger partial charge on any atom is -0.311 e. The maximum absolute atomic E-state index is 3.77. The molecule has 112 valence electrons. The quantitative estimate of drug-likeness (QED) is 0.834. The molecule has 1 heterocycles. The molecule has 1 aliphatic carbocycles. The van der Waals surface area contributed by atoms with Crippen LogP contribution in [0.15, 0.2) is 0 Å². The molecule has 1 N–H and O–H groups in total. The monoisotopic (exact) mass is 284 g/mol. The Bertz CT molecular complexity index is 281. The van der Waals surface area contributed by atoms with Crippen LogP contribution in [0.5, 0.6) is 0 Å². The molecule has 2 atom stereocenters. The lowest BCUT2D eigenvalue weighted by molar-refractivity contribution is 0.0644. The van der Waals surface area contributed by atoms with Crippen molar-refractivity contribution in [2.45, 2.75) is 63.8 Å². The number of hydrogen-bond donors (Lipinski definition) is 1. The molecule has 0 radical (unpaired) electrons. The maximum Gasteiger partial charge on any atom is 0.0284 e. The third-order valence-electron chi connectivity index (χ3n) is 5.25. The molecule has 1 saturated carbocycles. The molecule has 2 nitrogen and oxygen atoms in total. The van der Waals surface area contributed by atoms with E-state index in [1.165, 1.54) is 38.9 Å². The second-order valence-corrected chi connectivity index (χ2v) is 8.51. The summed E-state index contributed by atoms with van der Waals surface area (Å²) in [5, 5.41) is 3.77. The molecule has 19 heavy (non-hydrogen) atoms. The molecule has 2 aliphatic rings. The van der Waals surface area contributed by atoms with E-state index in [0.717, 1.165) is 17.9 Å². The van der Waals surface area contributed by atoms with Crippen LogP contribution in [0.3, 0.4) is 0 Å². The van der Waals surface area contributed by atoms with Crippen molar-refractivity contribution in [3.05, 3.63) is 0 Å². The minimum atomic E-state index is 0.575. The van der Waals surface area contributed by atoms with Gasteiger partial charge in [-0.3, -0.25) is 4.90 Å². The van der Waals surface area contributed by atoms with Crippen LogP contribution in [0.1, 0.15) is 47.0 Å². The molecular formula is C16H32N2S. The molecule has 2 rings (SSSR count). The fourth-order valence-electron chi connectivity index (χ4n) is 3.51. The van der Waals surface area contributed by atoms with Crippen molar-refractivity contribution in [3.63, 3.8) is 0 Å². The number of rotatable bonds is 5. The van der Waals surface area contributed by atoms with Crippen molar-refractivity contribution in [2.75, 3.05) is 25.9 Å². The summed E-state index contributed by atoms with van der Waals surface area (Å²) in [5.74, 6) is 1.49. The summed E-state index contributed by atoms with van der Waals surface area (Å²) in [7, 11) is 0. The van der Waals surface area contributed by atoms with Gasteiger partial charge < -0.3 is 5.32 Å². The van der Waals surface area contributed by atoms with Crippen molar-refractivity contribution in [3.8, 4) is 0 Å². The van der Waals surface area contributed by atoms with E-state index < -0.39 is 0 Å². The van der Waals surface area contributed by atoms with E-state index in [2.05, 4.69) is 55.9 Å². The Morgan fingerprint density at radius 1 is 1.21 bits per heavy atom. The highest BCUT2D eigenvalue weighted by Crippen LogP contribution is 2.44. The van der Waals surface area contributed by atoms with Gasteiger partial charge in [-0.1, -0.05) is 34.1 Å². The van der Waals surface area contributed by atoms with Gasteiger partial charge in [0.1, 0.15) is 0 Å². The van der Waals surface area contributed by atoms with Crippen molar-refractivity contribution in [2.24, 2.45) is 11.8 Å². The first kappa shape index (κ1) is 15.7. The van der Waals surface area contributed by atoms with Crippen LogP contribution < -0.4 is 5.32 Å². The highest BCUT2D eigenvalue weighted by molar-refractivity contribution is 8.00. The molecule has 0 aromatic heterocycles. The molecule has 1 aliphatic heterocycles. The van der Waals surface area contributed by atoms with Gasteiger partial charge in [-0.15, -0.1) is 0 Å². The van der Waals surface area contributed by atoms with Crippen LogP contribution in [0, 0.1) is 11.8 Å². The largest absolute Gasteiger partial charge is 0.311 e. The number of thioether (sulfide) groups is 1. The molecule has 3 heteroatoms. The number of hydrogen-bond acceptors (Lipinski definition) is 3. The van der Waals surface area contributed by atoms with Crippen molar-refractivity contribution in [1.29, 1.82) is 0 Å². The Labute approximate surface area is 124 Å². The minimum absolute atomic E-state index is 0.575. The van der Waals surface area contributed by atoms with Crippen LogP contribution in [0.2, 0.25) is 0 Å².